The van der Waals surface area contributed by atoms with Gasteiger partial charge in [-0.15, -0.1) is 10.2 Å². The van der Waals surface area contributed by atoms with Gasteiger partial charge in [0.25, 0.3) is 0 Å². The molecule has 3 rings (SSSR count). The van der Waals surface area contributed by atoms with Gasteiger partial charge in [0.05, 0.1) is 5.69 Å². The number of benzene rings is 3. The number of para-hydroxylation sites is 1. The summed E-state index contributed by atoms with van der Waals surface area (Å²) in [5, 5.41) is 21.9. The molecule has 0 saturated heterocycles. The van der Waals surface area contributed by atoms with Gasteiger partial charge in [-0.3, -0.25) is 5.11 Å². The normalized spacial score (nSPS) is 11.2. The van der Waals surface area contributed by atoms with Gasteiger partial charge in [0.1, 0.15) is 5.69 Å². The quantitative estimate of drug-likeness (QED) is 0.544. The summed E-state index contributed by atoms with van der Waals surface area (Å²) < 4.78 is 0. The standard InChI is InChI=1S/C16H11N2O/c19-16-11-4-3-9-15(16)18-17-14-10-5-7-12-6-1-2-8-13(12)14/h1-11H. The zero-order chi connectivity index (χ0) is 13.1. The maximum atomic E-state index is 11.6. The molecule has 91 valence electrons. The number of hydrogen-bond donors (Lipinski definition) is 0. The Hall–Kier alpha value is -2.68. The zero-order valence-corrected chi connectivity index (χ0v) is 10.2. The van der Waals surface area contributed by atoms with Crippen molar-refractivity contribution in [1.82, 2.24) is 0 Å². The number of rotatable bonds is 2. The van der Waals surface area contributed by atoms with Gasteiger partial charge in [-0.25, -0.2) is 0 Å². The van der Waals surface area contributed by atoms with Crippen LogP contribution in [0.1, 0.15) is 0 Å². The van der Waals surface area contributed by atoms with Crippen LogP contribution in [-0.2, 0) is 5.11 Å². The Balaban J connectivity index is 2.04. The fourth-order valence-electron chi connectivity index (χ4n) is 1.94. The summed E-state index contributed by atoms with van der Waals surface area (Å²) in [6.07, 6.45) is 0. The van der Waals surface area contributed by atoms with E-state index in [1.54, 1.807) is 18.2 Å². The Bertz CT molecular complexity index is 745. The minimum absolute atomic E-state index is 0.119. The molecule has 19 heavy (non-hydrogen) atoms. The van der Waals surface area contributed by atoms with Crippen molar-refractivity contribution in [1.29, 1.82) is 0 Å². The second-order valence-corrected chi connectivity index (χ2v) is 4.17. The molecule has 0 aromatic heterocycles. The van der Waals surface area contributed by atoms with E-state index in [0.29, 0.717) is 5.69 Å². The number of nitrogens with zero attached hydrogens (tertiary/aromatic N) is 2. The van der Waals surface area contributed by atoms with Gasteiger partial charge >= 0.3 is 0 Å². The molecule has 0 N–H and O–H groups in total. The Morgan fingerprint density at radius 1 is 0.632 bits per heavy atom. The molecule has 0 heterocycles. The molecule has 3 aromatic rings. The molecule has 3 heteroatoms. The highest BCUT2D eigenvalue weighted by Gasteiger charge is 2.01. The third-order valence-corrected chi connectivity index (χ3v) is 2.90. The average Bonchev–Trinajstić information content (AvgIpc) is 2.46. The first kappa shape index (κ1) is 11.4. The van der Waals surface area contributed by atoms with Crippen LogP contribution < -0.4 is 0 Å². The van der Waals surface area contributed by atoms with Crippen LogP contribution in [0.2, 0.25) is 0 Å². The van der Waals surface area contributed by atoms with Gasteiger partial charge in [-0.05, 0) is 23.6 Å². The Kier molecular flexibility index (Phi) is 2.94. The molecule has 0 fully saturated rings. The van der Waals surface area contributed by atoms with E-state index in [4.69, 9.17) is 0 Å². The summed E-state index contributed by atoms with van der Waals surface area (Å²) >= 11 is 0. The highest BCUT2D eigenvalue weighted by Crippen LogP contribution is 2.30. The van der Waals surface area contributed by atoms with Crippen LogP contribution in [0.15, 0.2) is 77.0 Å². The summed E-state index contributed by atoms with van der Waals surface area (Å²) in [6.45, 7) is 0. The van der Waals surface area contributed by atoms with E-state index >= 15 is 0 Å². The zero-order valence-electron chi connectivity index (χ0n) is 10.2. The predicted octanol–water partition coefficient (Wildman–Crippen LogP) is 5.40. The highest BCUT2D eigenvalue weighted by molar-refractivity contribution is 5.92. The first-order valence-electron chi connectivity index (χ1n) is 6.00. The van der Waals surface area contributed by atoms with Crippen LogP contribution >= 0.6 is 0 Å². The average molecular weight is 247 g/mol. The van der Waals surface area contributed by atoms with Crippen LogP contribution in [0.25, 0.3) is 10.8 Å². The molecule has 1 radical (unpaired) electrons. The van der Waals surface area contributed by atoms with E-state index < -0.39 is 0 Å². The van der Waals surface area contributed by atoms with Crippen LogP contribution in [0.4, 0.5) is 11.4 Å². The molecule has 3 nitrogen and oxygen atoms in total. The first-order chi connectivity index (χ1) is 9.34. The van der Waals surface area contributed by atoms with Gasteiger partial charge in [-0.1, -0.05) is 48.5 Å². The van der Waals surface area contributed by atoms with Crippen molar-refractivity contribution in [3.63, 3.8) is 0 Å². The summed E-state index contributed by atoms with van der Waals surface area (Å²) in [6, 6.07) is 20.4. The van der Waals surface area contributed by atoms with Gasteiger partial charge in [0.15, 0.2) is 0 Å². The van der Waals surface area contributed by atoms with Gasteiger partial charge in [0.2, 0.25) is 5.75 Å². The molecule has 0 bridgehead atoms. The second kappa shape index (κ2) is 4.90. The van der Waals surface area contributed by atoms with Crippen molar-refractivity contribution in [3.8, 4) is 5.75 Å². The number of fused-ring (bicyclic) bond motifs is 1. The molecule has 0 unspecified atom stereocenters. The van der Waals surface area contributed by atoms with Crippen molar-refractivity contribution in [2.75, 3.05) is 0 Å². The van der Waals surface area contributed by atoms with Crippen molar-refractivity contribution < 1.29 is 5.11 Å². The van der Waals surface area contributed by atoms with Gasteiger partial charge in [0, 0.05) is 5.39 Å². The Morgan fingerprint density at radius 2 is 1.26 bits per heavy atom. The lowest BCUT2D eigenvalue weighted by Gasteiger charge is -2.00. The monoisotopic (exact) mass is 247 g/mol. The molecule has 0 aliphatic heterocycles. The molecule has 0 aliphatic carbocycles. The van der Waals surface area contributed by atoms with E-state index in [1.807, 2.05) is 42.5 Å². The lowest BCUT2D eigenvalue weighted by atomic mass is 10.1. The molecular formula is C16H11N2O. The van der Waals surface area contributed by atoms with Crippen molar-refractivity contribution in [2.45, 2.75) is 0 Å². The molecular weight excluding hydrogens is 236 g/mol. The largest absolute Gasteiger partial charge is 0.287 e. The minimum atomic E-state index is -0.119. The second-order valence-electron chi connectivity index (χ2n) is 4.17. The third kappa shape index (κ3) is 2.31. The summed E-state index contributed by atoms with van der Waals surface area (Å²) in [4.78, 5) is 0. The van der Waals surface area contributed by atoms with Crippen molar-refractivity contribution in [2.24, 2.45) is 10.2 Å². The van der Waals surface area contributed by atoms with E-state index in [1.165, 1.54) is 6.07 Å². The SMILES string of the molecule is [O]c1ccccc1N=Nc1cccc2ccccc12. The highest BCUT2D eigenvalue weighted by atomic mass is 16.3. The predicted molar refractivity (Wildman–Crippen MR) is 74.7 cm³/mol. The van der Waals surface area contributed by atoms with E-state index in [2.05, 4.69) is 10.2 Å². The Morgan fingerprint density at radius 3 is 2.16 bits per heavy atom. The van der Waals surface area contributed by atoms with Crippen molar-refractivity contribution in [3.05, 3.63) is 66.7 Å². The van der Waals surface area contributed by atoms with E-state index in [9.17, 15) is 5.11 Å². The molecule has 0 amide bonds. The smallest absolute Gasteiger partial charge is 0.206 e. The molecule has 0 atom stereocenters. The number of azo groups is 1. The van der Waals surface area contributed by atoms with Crippen LogP contribution in [0.5, 0.6) is 5.75 Å². The topological polar surface area (TPSA) is 44.6 Å². The van der Waals surface area contributed by atoms with Crippen LogP contribution in [0, 0.1) is 0 Å². The van der Waals surface area contributed by atoms with Crippen LogP contribution in [0.3, 0.4) is 0 Å². The first-order valence-corrected chi connectivity index (χ1v) is 6.00. The molecule has 0 aliphatic rings. The van der Waals surface area contributed by atoms with E-state index in [0.717, 1.165) is 16.5 Å². The Labute approximate surface area is 110 Å². The summed E-state index contributed by atoms with van der Waals surface area (Å²) in [5.41, 5.74) is 1.12. The maximum Gasteiger partial charge on any atom is 0.206 e. The minimum Gasteiger partial charge on any atom is -0.287 e. The van der Waals surface area contributed by atoms with Gasteiger partial charge < -0.3 is 0 Å². The lowest BCUT2D eigenvalue weighted by Crippen LogP contribution is -1.72. The number of hydrogen-bond acceptors (Lipinski definition) is 2. The van der Waals surface area contributed by atoms with Gasteiger partial charge in [-0.2, -0.15) is 0 Å². The lowest BCUT2D eigenvalue weighted by molar-refractivity contribution is 0.356. The molecule has 0 spiro atoms. The third-order valence-electron chi connectivity index (χ3n) is 2.90. The van der Waals surface area contributed by atoms with E-state index in [-0.39, 0.29) is 5.75 Å². The summed E-state index contributed by atoms with van der Waals surface area (Å²) in [7, 11) is 0. The maximum absolute atomic E-state index is 11.6. The molecule has 0 saturated carbocycles. The van der Waals surface area contributed by atoms with Crippen LogP contribution in [-0.4, -0.2) is 0 Å². The molecule has 3 aromatic carbocycles. The fourth-order valence-corrected chi connectivity index (χ4v) is 1.94. The summed E-state index contributed by atoms with van der Waals surface area (Å²) in [5.74, 6) is -0.119. The van der Waals surface area contributed by atoms with Crippen molar-refractivity contribution >= 4 is 22.1 Å². The fraction of sp³-hybridized carbons (Fsp3) is 0.